The van der Waals surface area contributed by atoms with Crippen molar-refractivity contribution >= 4 is 45.7 Å². The highest BCUT2D eigenvalue weighted by atomic mass is 35.5. The summed E-state index contributed by atoms with van der Waals surface area (Å²) in [6, 6.07) is 4.28. The molecule has 9 heteroatoms. The van der Waals surface area contributed by atoms with Gasteiger partial charge in [0.2, 0.25) is 5.91 Å². The van der Waals surface area contributed by atoms with E-state index in [0.29, 0.717) is 10.6 Å². The van der Waals surface area contributed by atoms with Crippen molar-refractivity contribution in [3.05, 3.63) is 50.6 Å². The molecule has 1 heterocycles. The van der Waals surface area contributed by atoms with E-state index in [1.807, 2.05) is 6.92 Å². The van der Waals surface area contributed by atoms with Gasteiger partial charge < -0.3 is 15.0 Å². The van der Waals surface area contributed by atoms with Crippen LogP contribution in [0.5, 0.6) is 0 Å². The lowest BCUT2D eigenvalue weighted by Crippen LogP contribution is -2.31. The first-order chi connectivity index (χ1) is 14.2. The minimum atomic E-state index is -0.686. The predicted molar refractivity (Wildman–Crippen MR) is 113 cm³/mol. The van der Waals surface area contributed by atoms with Crippen LogP contribution in [0.3, 0.4) is 0 Å². The van der Waals surface area contributed by atoms with E-state index in [0.717, 1.165) is 17.7 Å². The van der Waals surface area contributed by atoms with E-state index in [4.69, 9.17) is 16.3 Å². The molecule has 1 aromatic carbocycles. The average molecular weight is 453 g/mol. The van der Waals surface area contributed by atoms with Crippen LogP contribution in [0.15, 0.2) is 18.2 Å². The van der Waals surface area contributed by atoms with Crippen molar-refractivity contribution < 1.29 is 23.5 Å². The van der Waals surface area contributed by atoms with Gasteiger partial charge in [-0.2, -0.15) is 0 Å². The zero-order chi connectivity index (χ0) is 22.0. The molecule has 0 radical (unpaired) electrons. The first-order valence-electron chi connectivity index (χ1n) is 9.43. The van der Waals surface area contributed by atoms with Crippen molar-refractivity contribution in [3.8, 4) is 0 Å². The monoisotopic (exact) mass is 452 g/mol. The second-order valence-electron chi connectivity index (χ2n) is 7.28. The van der Waals surface area contributed by atoms with Crippen LogP contribution in [0.2, 0.25) is 5.02 Å². The van der Waals surface area contributed by atoms with Crippen LogP contribution < -0.4 is 5.32 Å². The van der Waals surface area contributed by atoms with Crippen molar-refractivity contribution in [3.63, 3.8) is 0 Å². The van der Waals surface area contributed by atoms with Crippen LogP contribution in [0, 0.1) is 25.6 Å². The van der Waals surface area contributed by atoms with Gasteiger partial charge in [0, 0.05) is 35.0 Å². The number of carbonyl (C=O) groups excluding carboxylic acids is 3. The molecule has 0 spiro atoms. The summed E-state index contributed by atoms with van der Waals surface area (Å²) in [6.07, 6.45) is 1.70. The van der Waals surface area contributed by atoms with E-state index < -0.39 is 24.3 Å². The molecule has 1 aromatic heterocycles. The molecule has 0 aliphatic heterocycles. The number of carbonyl (C=O) groups is 3. The Labute approximate surface area is 183 Å². The SMILES string of the molecule is Cc1sc(NC(=O)C2CC2)c(C(=O)OCC(=O)N(C)Cc2c(F)cccc2Cl)c1C. The van der Waals surface area contributed by atoms with Gasteiger partial charge in [-0.15, -0.1) is 11.3 Å². The third-order valence-corrected chi connectivity index (χ3v) is 6.46. The number of nitrogens with one attached hydrogen (secondary N) is 1. The van der Waals surface area contributed by atoms with Gasteiger partial charge >= 0.3 is 5.97 Å². The molecular formula is C21H22ClFN2O4S. The number of anilines is 1. The first kappa shape index (κ1) is 22.2. The Morgan fingerprint density at radius 2 is 2.00 bits per heavy atom. The average Bonchev–Trinajstić information content (AvgIpc) is 3.50. The molecule has 0 saturated heterocycles. The van der Waals surface area contributed by atoms with Crippen LogP contribution in [-0.4, -0.2) is 36.3 Å². The van der Waals surface area contributed by atoms with Gasteiger partial charge in [0.05, 0.1) is 5.56 Å². The molecule has 0 atom stereocenters. The van der Waals surface area contributed by atoms with Crippen LogP contribution in [0.1, 0.15) is 39.2 Å². The molecule has 3 rings (SSSR count). The summed E-state index contributed by atoms with van der Waals surface area (Å²) >= 11 is 7.30. The number of amides is 2. The smallest absolute Gasteiger partial charge is 0.341 e. The zero-order valence-corrected chi connectivity index (χ0v) is 18.5. The Morgan fingerprint density at radius 3 is 2.63 bits per heavy atom. The number of nitrogens with zero attached hydrogens (tertiary/aromatic N) is 1. The van der Waals surface area contributed by atoms with Gasteiger partial charge in [-0.3, -0.25) is 9.59 Å². The first-order valence-corrected chi connectivity index (χ1v) is 10.6. The Balaban J connectivity index is 1.63. The molecule has 1 aliphatic carbocycles. The fraction of sp³-hybridized carbons (Fsp3) is 0.381. The maximum absolute atomic E-state index is 13.9. The van der Waals surface area contributed by atoms with Crippen molar-refractivity contribution in [2.24, 2.45) is 5.92 Å². The van der Waals surface area contributed by atoms with Gasteiger partial charge in [0.25, 0.3) is 5.91 Å². The lowest BCUT2D eigenvalue weighted by Gasteiger charge is -2.18. The molecule has 0 unspecified atom stereocenters. The number of halogens is 2. The lowest BCUT2D eigenvalue weighted by atomic mass is 10.1. The second kappa shape index (κ2) is 9.14. The van der Waals surface area contributed by atoms with E-state index >= 15 is 0 Å². The number of aryl methyl sites for hydroxylation is 1. The number of thiophene rings is 1. The predicted octanol–water partition coefficient (Wildman–Crippen LogP) is 4.32. The van der Waals surface area contributed by atoms with Crippen molar-refractivity contribution in [2.75, 3.05) is 19.0 Å². The molecule has 160 valence electrons. The standard InChI is InChI=1S/C21H22ClFN2O4S/c1-11-12(2)30-20(24-19(27)13-7-8-13)18(11)21(28)29-10-17(26)25(3)9-14-15(22)5-4-6-16(14)23/h4-6,13H,7-10H2,1-3H3,(H,24,27). The summed E-state index contributed by atoms with van der Waals surface area (Å²) in [5.41, 5.74) is 1.16. The molecule has 1 saturated carbocycles. The Morgan fingerprint density at radius 1 is 1.30 bits per heavy atom. The van der Waals surface area contributed by atoms with Gasteiger partial charge in [0.1, 0.15) is 10.8 Å². The van der Waals surface area contributed by atoms with Gasteiger partial charge in [-0.05, 0) is 44.4 Å². The number of hydrogen-bond acceptors (Lipinski definition) is 5. The molecule has 30 heavy (non-hydrogen) atoms. The van der Waals surface area contributed by atoms with Crippen molar-refractivity contribution in [1.82, 2.24) is 4.90 Å². The summed E-state index contributed by atoms with van der Waals surface area (Å²) in [5, 5.41) is 3.45. The minimum absolute atomic E-state index is 0.00276. The van der Waals surface area contributed by atoms with Gasteiger partial charge in [0.15, 0.2) is 6.61 Å². The molecular weight excluding hydrogens is 431 g/mol. The normalized spacial score (nSPS) is 13.1. The van der Waals surface area contributed by atoms with Crippen LogP contribution in [0.25, 0.3) is 0 Å². The number of esters is 1. The number of likely N-dealkylation sites (N-methyl/N-ethyl adjacent to an activating group) is 1. The highest BCUT2D eigenvalue weighted by molar-refractivity contribution is 7.16. The Bertz CT molecular complexity index is 983. The maximum atomic E-state index is 13.9. The number of benzene rings is 1. The highest BCUT2D eigenvalue weighted by Crippen LogP contribution is 2.36. The summed E-state index contributed by atoms with van der Waals surface area (Å²) < 4.78 is 19.1. The number of hydrogen-bond donors (Lipinski definition) is 1. The Kier molecular flexibility index (Phi) is 6.77. The molecule has 1 aliphatic rings. The third-order valence-electron chi connectivity index (χ3n) is 4.98. The molecule has 6 nitrogen and oxygen atoms in total. The van der Waals surface area contributed by atoms with Gasteiger partial charge in [-0.1, -0.05) is 17.7 Å². The largest absolute Gasteiger partial charge is 0.452 e. The molecule has 2 aromatic rings. The van der Waals surface area contributed by atoms with Crippen LogP contribution >= 0.6 is 22.9 Å². The van der Waals surface area contributed by atoms with E-state index in [2.05, 4.69) is 5.32 Å². The van der Waals surface area contributed by atoms with E-state index in [1.54, 1.807) is 6.92 Å². The summed E-state index contributed by atoms with van der Waals surface area (Å²) in [6.45, 7) is 3.05. The zero-order valence-electron chi connectivity index (χ0n) is 16.9. The van der Waals surface area contributed by atoms with Crippen molar-refractivity contribution in [1.29, 1.82) is 0 Å². The van der Waals surface area contributed by atoms with Crippen LogP contribution in [0.4, 0.5) is 9.39 Å². The molecule has 1 fully saturated rings. The molecule has 1 N–H and O–H groups in total. The fourth-order valence-corrected chi connectivity index (χ4v) is 4.11. The highest BCUT2D eigenvalue weighted by Gasteiger charge is 2.32. The second-order valence-corrected chi connectivity index (χ2v) is 8.91. The maximum Gasteiger partial charge on any atom is 0.341 e. The topological polar surface area (TPSA) is 75.7 Å². The van der Waals surface area contributed by atoms with Gasteiger partial charge in [-0.25, -0.2) is 9.18 Å². The van der Waals surface area contributed by atoms with E-state index in [1.165, 1.54) is 41.5 Å². The van der Waals surface area contributed by atoms with Crippen molar-refractivity contribution in [2.45, 2.75) is 33.2 Å². The third kappa shape index (κ3) is 4.99. The summed E-state index contributed by atoms with van der Waals surface area (Å²) in [5.74, 6) is -1.82. The van der Waals surface area contributed by atoms with E-state index in [-0.39, 0.29) is 34.5 Å². The Hall–Kier alpha value is -2.45. The quantitative estimate of drug-likeness (QED) is 0.635. The minimum Gasteiger partial charge on any atom is -0.452 e. The molecule has 0 bridgehead atoms. The number of rotatable bonds is 7. The van der Waals surface area contributed by atoms with E-state index in [9.17, 15) is 18.8 Å². The summed E-state index contributed by atoms with van der Waals surface area (Å²) in [7, 11) is 1.47. The fourth-order valence-electron chi connectivity index (χ4n) is 2.84. The number of ether oxygens (including phenoxy) is 1. The lowest BCUT2D eigenvalue weighted by molar-refractivity contribution is -0.133. The molecule has 2 amide bonds. The van der Waals surface area contributed by atoms with Crippen LogP contribution in [-0.2, 0) is 20.9 Å². The summed E-state index contributed by atoms with van der Waals surface area (Å²) in [4.78, 5) is 39.2.